The number of benzene rings is 2. The van der Waals surface area contributed by atoms with E-state index in [0.29, 0.717) is 23.6 Å². The highest BCUT2D eigenvalue weighted by Crippen LogP contribution is 2.23. The molecule has 0 aliphatic rings. The van der Waals surface area contributed by atoms with E-state index in [4.69, 9.17) is 19.5 Å². The van der Waals surface area contributed by atoms with Gasteiger partial charge in [0.05, 0.1) is 32.3 Å². The van der Waals surface area contributed by atoms with E-state index in [1.54, 1.807) is 30.3 Å². The highest BCUT2D eigenvalue weighted by atomic mass is 16.5. The van der Waals surface area contributed by atoms with Crippen molar-refractivity contribution in [3.63, 3.8) is 0 Å². The number of esters is 1. The van der Waals surface area contributed by atoms with Crippen LogP contribution in [0.25, 0.3) is 0 Å². The largest absolute Gasteiger partial charge is 0.497 e. The molecule has 0 atom stereocenters. The van der Waals surface area contributed by atoms with E-state index in [-0.39, 0.29) is 5.56 Å². The van der Waals surface area contributed by atoms with Gasteiger partial charge in [-0.1, -0.05) is 12.1 Å². The van der Waals surface area contributed by atoms with Crippen LogP contribution in [0, 0.1) is 11.3 Å². The first-order chi connectivity index (χ1) is 12.5. The van der Waals surface area contributed by atoms with Crippen LogP contribution in [0.15, 0.2) is 42.5 Å². The fourth-order valence-electron chi connectivity index (χ4n) is 2.13. The summed E-state index contributed by atoms with van der Waals surface area (Å²) in [5.41, 5.74) is 1.62. The molecule has 7 nitrogen and oxygen atoms in total. The molecule has 0 unspecified atom stereocenters. The molecule has 2 aromatic carbocycles. The van der Waals surface area contributed by atoms with E-state index in [1.165, 1.54) is 26.4 Å². The Balaban J connectivity index is 1.92. The predicted octanol–water partition coefficient (Wildman–Crippen LogP) is 2.57. The summed E-state index contributed by atoms with van der Waals surface area (Å²) in [7, 11) is 2.94. The predicted molar refractivity (Wildman–Crippen MR) is 94.2 cm³/mol. The zero-order valence-corrected chi connectivity index (χ0v) is 14.4. The van der Waals surface area contributed by atoms with Crippen LogP contribution >= 0.6 is 0 Å². The smallest absolute Gasteiger partial charge is 0.338 e. The van der Waals surface area contributed by atoms with Crippen molar-refractivity contribution in [3.05, 3.63) is 53.6 Å². The molecule has 0 bridgehead atoms. The molecule has 0 saturated carbocycles. The number of rotatable bonds is 7. The number of anilines is 1. The quantitative estimate of drug-likeness (QED) is 0.768. The van der Waals surface area contributed by atoms with Crippen molar-refractivity contribution in [2.24, 2.45) is 0 Å². The minimum Gasteiger partial charge on any atom is -0.497 e. The van der Waals surface area contributed by atoms with Crippen molar-refractivity contribution in [1.82, 2.24) is 0 Å². The van der Waals surface area contributed by atoms with Gasteiger partial charge in [-0.15, -0.1) is 0 Å². The first-order valence-corrected chi connectivity index (χ1v) is 7.71. The zero-order valence-electron chi connectivity index (χ0n) is 14.4. The van der Waals surface area contributed by atoms with Gasteiger partial charge in [-0.05, 0) is 29.8 Å². The van der Waals surface area contributed by atoms with Crippen molar-refractivity contribution in [2.75, 3.05) is 26.1 Å². The molecule has 0 radical (unpaired) electrons. The van der Waals surface area contributed by atoms with Crippen LogP contribution in [0.1, 0.15) is 15.9 Å². The molecule has 0 aliphatic heterocycles. The summed E-state index contributed by atoms with van der Waals surface area (Å²) >= 11 is 0. The van der Waals surface area contributed by atoms with Crippen LogP contribution in [-0.4, -0.2) is 32.7 Å². The third kappa shape index (κ3) is 5.24. The number of ether oxygens (including phenoxy) is 3. The maximum atomic E-state index is 12.1. The Morgan fingerprint density at radius 2 is 1.65 bits per heavy atom. The Bertz CT molecular complexity index is 803. The SMILES string of the molecule is COc1cc(OC)cc(C(=O)OCC(=O)Nc2ccc(CC#N)cc2)c1. The van der Waals surface area contributed by atoms with E-state index < -0.39 is 18.5 Å². The third-order valence-electron chi connectivity index (χ3n) is 3.44. The maximum absolute atomic E-state index is 12.1. The molecule has 0 aliphatic carbocycles. The lowest BCUT2D eigenvalue weighted by atomic mass is 10.1. The van der Waals surface area contributed by atoms with E-state index in [9.17, 15) is 9.59 Å². The van der Waals surface area contributed by atoms with Gasteiger partial charge >= 0.3 is 5.97 Å². The van der Waals surface area contributed by atoms with Gasteiger partial charge in [0, 0.05) is 11.8 Å². The average molecular weight is 354 g/mol. The summed E-state index contributed by atoms with van der Waals surface area (Å²) in [6, 6.07) is 13.5. The number of nitriles is 1. The second kappa shape index (κ2) is 9.08. The number of amides is 1. The summed E-state index contributed by atoms with van der Waals surface area (Å²) in [4.78, 5) is 24.0. The number of nitrogens with one attached hydrogen (secondary N) is 1. The number of carbonyl (C=O) groups is 2. The number of hydrogen-bond donors (Lipinski definition) is 1. The van der Waals surface area contributed by atoms with Crippen molar-refractivity contribution < 1.29 is 23.8 Å². The van der Waals surface area contributed by atoms with Gasteiger partial charge in [0.25, 0.3) is 5.91 Å². The summed E-state index contributed by atoms with van der Waals surface area (Å²) < 4.78 is 15.2. The Morgan fingerprint density at radius 3 is 2.19 bits per heavy atom. The lowest BCUT2D eigenvalue weighted by Gasteiger charge is -2.09. The van der Waals surface area contributed by atoms with E-state index >= 15 is 0 Å². The van der Waals surface area contributed by atoms with Crippen LogP contribution in [0.3, 0.4) is 0 Å². The Hall–Kier alpha value is -3.53. The van der Waals surface area contributed by atoms with Crippen LogP contribution in [0.4, 0.5) is 5.69 Å². The molecule has 0 fully saturated rings. The van der Waals surface area contributed by atoms with Gasteiger partial charge in [-0.3, -0.25) is 4.79 Å². The average Bonchev–Trinajstić information content (AvgIpc) is 2.67. The fourth-order valence-corrected chi connectivity index (χ4v) is 2.13. The van der Waals surface area contributed by atoms with Crippen LogP contribution in [0.5, 0.6) is 11.5 Å². The van der Waals surface area contributed by atoms with Crippen molar-refractivity contribution in [3.8, 4) is 17.6 Å². The lowest BCUT2D eigenvalue weighted by Crippen LogP contribution is -2.21. The second-order valence-corrected chi connectivity index (χ2v) is 5.26. The summed E-state index contributed by atoms with van der Waals surface area (Å²) in [6.07, 6.45) is 0.301. The van der Waals surface area contributed by atoms with Crippen molar-refractivity contribution in [1.29, 1.82) is 5.26 Å². The van der Waals surface area contributed by atoms with Crippen molar-refractivity contribution >= 4 is 17.6 Å². The van der Waals surface area contributed by atoms with E-state index in [0.717, 1.165) is 5.56 Å². The monoisotopic (exact) mass is 354 g/mol. The van der Waals surface area contributed by atoms with Crippen LogP contribution in [0.2, 0.25) is 0 Å². The van der Waals surface area contributed by atoms with Crippen molar-refractivity contribution in [2.45, 2.75) is 6.42 Å². The normalized spacial score (nSPS) is 9.73. The molecule has 0 saturated heterocycles. The molecule has 26 heavy (non-hydrogen) atoms. The number of carbonyl (C=O) groups excluding carboxylic acids is 2. The molecule has 134 valence electrons. The van der Waals surface area contributed by atoms with Gasteiger partial charge in [-0.25, -0.2) is 4.79 Å². The standard InChI is InChI=1S/C19H18N2O5/c1-24-16-9-14(10-17(11-16)25-2)19(23)26-12-18(22)21-15-5-3-13(4-6-15)7-8-20/h3-6,9-11H,7,12H2,1-2H3,(H,21,22). The summed E-state index contributed by atoms with van der Waals surface area (Å²) in [5.74, 6) is -0.251. The Labute approximate surface area is 151 Å². The zero-order chi connectivity index (χ0) is 18.9. The maximum Gasteiger partial charge on any atom is 0.338 e. The second-order valence-electron chi connectivity index (χ2n) is 5.26. The Morgan fingerprint density at radius 1 is 1.04 bits per heavy atom. The molecule has 1 N–H and O–H groups in total. The molecular weight excluding hydrogens is 336 g/mol. The van der Waals surface area contributed by atoms with Gasteiger partial charge in [0.1, 0.15) is 11.5 Å². The molecule has 2 rings (SSSR count). The van der Waals surface area contributed by atoms with Gasteiger partial charge in [0.2, 0.25) is 0 Å². The third-order valence-corrected chi connectivity index (χ3v) is 3.44. The minimum absolute atomic E-state index is 0.217. The van der Waals surface area contributed by atoms with Gasteiger partial charge in [0.15, 0.2) is 6.61 Å². The molecule has 0 spiro atoms. The van der Waals surface area contributed by atoms with E-state index in [1.807, 2.05) is 6.07 Å². The molecule has 0 aromatic heterocycles. The number of hydrogen-bond acceptors (Lipinski definition) is 6. The Kier molecular flexibility index (Phi) is 6.57. The first kappa shape index (κ1) is 18.8. The van der Waals surface area contributed by atoms with E-state index in [2.05, 4.69) is 5.32 Å². The molecule has 1 amide bonds. The lowest BCUT2D eigenvalue weighted by molar-refractivity contribution is -0.119. The summed E-state index contributed by atoms with van der Waals surface area (Å²) in [6.45, 7) is -0.432. The summed E-state index contributed by atoms with van der Waals surface area (Å²) in [5, 5.41) is 11.2. The number of methoxy groups -OCH3 is 2. The fraction of sp³-hybridized carbons (Fsp3) is 0.211. The topological polar surface area (TPSA) is 97.7 Å². The molecule has 0 heterocycles. The van der Waals surface area contributed by atoms with Gasteiger partial charge in [-0.2, -0.15) is 5.26 Å². The van der Waals surface area contributed by atoms with Crippen LogP contribution in [-0.2, 0) is 16.0 Å². The highest BCUT2D eigenvalue weighted by Gasteiger charge is 2.13. The molecule has 7 heteroatoms. The number of nitrogens with zero attached hydrogens (tertiary/aromatic N) is 1. The van der Waals surface area contributed by atoms with Gasteiger partial charge < -0.3 is 19.5 Å². The van der Waals surface area contributed by atoms with Crippen LogP contribution < -0.4 is 14.8 Å². The molecular formula is C19H18N2O5. The minimum atomic E-state index is -0.665. The first-order valence-electron chi connectivity index (χ1n) is 7.71. The molecule has 2 aromatic rings. The highest BCUT2D eigenvalue weighted by molar-refractivity contribution is 5.95.